The second-order valence-electron chi connectivity index (χ2n) is 7.17. The maximum Gasteiger partial charge on any atom is 0.255 e. The van der Waals surface area contributed by atoms with Crippen molar-refractivity contribution in [2.24, 2.45) is 5.92 Å². The van der Waals surface area contributed by atoms with Crippen molar-refractivity contribution in [2.75, 3.05) is 0 Å². The summed E-state index contributed by atoms with van der Waals surface area (Å²) in [6.45, 7) is 2.05. The minimum Gasteiger partial charge on any atom is -0.357 e. The molecule has 2 aliphatic rings. The summed E-state index contributed by atoms with van der Waals surface area (Å²) in [6, 6.07) is 7.85. The van der Waals surface area contributed by atoms with Gasteiger partial charge in [-0.1, -0.05) is 31.0 Å². The number of rotatable bonds is 2. The highest BCUT2D eigenvalue weighted by atomic mass is 16.2. The molecule has 4 rings (SSSR count). The van der Waals surface area contributed by atoms with Crippen molar-refractivity contribution < 1.29 is 9.59 Å². The number of aromatic nitrogens is 1. The van der Waals surface area contributed by atoms with Gasteiger partial charge in [-0.3, -0.25) is 25.8 Å². The molecule has 25 heavy (non-hydrogen) atoms. The number of H-pyrrole nitrogens is 1. The number of hydrazine groups is 1. The van der Waals surface area contributed by atoms with E-state index in [9.17, 15) is 9.59 Å². The maximum atomic E-state index is 12.5. The normalized spacial score (nSPS) is 23.4. The molecule has 1 aliphatic carbocycles. The van der Waals surface area contributed by atoms with Crippen LogP contribution in [0.3, 0.4) is 0 Å². The SMILES string of the molecule is CC1NC(C(=O)NNC(=O)C2CCCC2)Cc2c1[nH]c1ccccc21. The predicted molar refractivity (Wildman–Crippen MR) is 95.6 cm³/mol. The quantitative estimate of drug-likeness (QED) is 0.632. The molecular formula is C19H24N4O2. The summed E-state index contributed by atoms with van der Waals surface area (Å²) in [5.74, 6) is -0.213. The Bertz CT molecular complexity index is 807. The van der Waals surface area contributed by atoms with E-state index in [0.717, 1.165) is 36.9 Å². The molecule has 6 nitrogen and oxygen atoms in total. The zero-order valence-electron chi connectivity index (χ0n) is 14.4. The minimum absolute atomic E-state index is 0.0405. The van der Waals surface area contributed by atoms with Gasteiger partial charge >= 0.3 is 0 Å². The van der Waals surface area contributed by atoms with Gasteiger partial charge in [-0.05, 0) is 37.8 Å². The number of amides is 2. The lowest BCUT2D eigenvalue weighted by atomic mass is 9.94. The van der Waals surface area contributed by atoms with Crippen molar-refractivity contribution in [1.82, 2.24) is 21.2 Å². The molecule has 0 spiro atoms. The summed E-state index contributed by atoms with van der Waals surface area (Å²) in [7, 11) is 0. The molecule has 6 heteroatoms. The highest BCUT2D eigenvalue weighted by Gasteiger charge is 2.31. The average Bonchev–Trinajstić information content (AvgIpc) is 3.27. The van der Waals surface area contributed by atoms with Gasteiger partial charge in [-0.2, -0.15) is 0 Å². The zero-order chi connectivity index (χ0) is 17.4. The molecule has 0 bridgehead atoms. The van der Waals surface area contributed by atoms with Crippen molar-refractivity contribution in [3.8, 4) is 0 Å². The molecule has 2 unspecified atom stereocenters. The van der Waals surface area contributed by atoms with E-state index in [4.69, 9.17) is 0 Å². The van der Waals surface area contributed by atoms with Crippen molar-refractivity contribution in [1.29, 1.82) is 0 Å². The van der Waals surface area contributed by atoms with Gasteiger partial charge in [0.2, 0.25) is 5.91 Å². The summed E-state index contributed by atoms with van der Waals surface area (Å²) in [5.41, 5.74) is 8.63. The summed E-state index contributed by atoms with van der Waals surface area (Å²) in [5, 5.41) is 4.50. The summed E-state index contributed by atoms with van der Waals surface area (Å²) < 4.78 is 0. The van der Waals surface area contributed by atoms with E-state index >= 15 is 0 Å². The molecule has 132 valence electrons. The third-order valence-corrected chi connectivity index (χ3v) is 5.49. The van der Waals surface area contributed by atoms with E-state index in [1.807, 2.05) is 19.1 Å². The van der Waals surface area contributed by atoms with Crippen LogP contribution in [0.4, 0.5) is 0 Å². The van der Waals surface area contributed by atoms with E-state index in [1.54, 1.807) is 0 Å². The number of carbonyl (C=O) groups excluding carboxylic acids is 2. The van der Waals surface area contributed by atoms with E-state index in [2.05, 4.69) is 33.3 Å². The first kappa shape index (κ1) is 16.1. The van der Waals surface area contributed by atoms with E-state index < -0.39 is 0 Å². The first-order valence-corrected chi connectivity index (χ1v) is 9.08. The average molecular weight is 340 g/mol. The van der Waals surface area contributed by atoms with Gasteiger partial charge in [0, 0.05) is 28.6 Å². The Balaban J connectivity index is 1.45. The van der Waals surface area contributed by atoms with E-state index in [-0.39, 0.29) is 29.8 Å². The van der Waals surface area contributed by atoms with Crippen molar-refractivity contribution in [2.45, 2.75) is 51.1 Å². The van der Waals surface area contributed by atoms with Gasteiger partial charge in [0.25, 0.3) is 5.91 Å². The summed E-state index contributed by atoms with van der Waals surface area (Å²) in [4.78, 5) is 28.1. The molecule has 2 atom stereocenters. The van der Waals surface area contributed by atoms with Crippen LogP contribution >= 0.6 is 0 Å². The summed E-state index contributed by atoms with van der Waals surface area (Å²) >= 11 is 0. The van der Waals surface area contributed by atoms with Crippen LogP contribution in [0.2, 0.25) is 0 Å². The lowest BCUT2D eigenvalue weighted by Gasteiger charge is -2.28. The molecule has 4 N–H and O–H groups in total. The second-order valence-corrected chi connectivity index (χ2v) is 7.17. The highest BCUT2D eigenvalue weighted by Crippen LogP contribution is 2.31. The molecule has 1 aromatic carbocycles. The molecule has 1 saturated carbocycles. The fourth-order valence-corrected chi connectivity index (χ4v) is 4.13. The Kier molecular flexibility index (Phi) is 4.21. The lowest BCUT2D eigenvalue weighted by Crippen LogP contribution is -2.54. The Hall–Kier alpha value is -2.34. The monoisotopic (exact) mass is 340 g/mol. The van der Waals surface area contributed by atoms with Gasteiger partial charge in [0.15, 0.2) is 0 Å². The molecule has 2 aromatic rings. The highest BCUT2D eigenvalue weighted by molar-refractivity contribution is 5.89. The third-order valence-electron chi connectivity index (χ3n) is 5.49. The Morgan fingerprint density at radius 2 is 1.80 bits per heavy atom. The molecule has 0 radical (unpaired) electrons. The van der Waals surface area contributed by atoms with Gasteiger partial charge < -0.3 is 4.98 Å². The van der Waals surface area contributed by atoms with E-state index in [0.29, 0.717) is 6.42 Å². The van der Waals surface area contributed by atoms with Gasteiger partial charge in [0.1, 0.15) is 0 Å². The topological polar surface area (TPSA) is 86.0 Å². The summed E-state index contributed by atoms with van der Waals surface area (Å²) in [6.07, 6.45) is 4.63. The van der Waals surface area contributed by atoms with Crippen molar-refractivity contribution in [3.05, 3.63) is 35.5 Å². The van der Waals surface area contributed by atoms with Crippen LogP contribution < -0.4 is 16.2 Å². The van der Waals surface area contributed by atoms with Crippen LogP contribution in [0.5, 0.6) is 0 Å². The maximum absolute atomic E-state index is 12.5. The second kappa shape index (κ2) is 6.52. The van der Waals surface area contributed by atoms with Crippen LogP contribution in [0.25, 0.3) is 10.9 Å². The number of para-hydroxylation sites is 1. The predicted octanol–water partition coefficient (Wildman–Crippen LogP) is 2.08. The Labute approximate surface area is 146 Å². The number of fused-ring (bicyclic) bond motifs is 3. The molecule has 1 aliphatic heterocycles. The number of carbonyl (C=O) groups is 2. The first-order valence-electron chi connectivity index (χ1n) is 9.08. The minimum atomic E-state index is -0.356. The van der Waals surface area contributed by atoms with Crippen molar-refractivity contribution >= 4 is 22.7 Å². The fraction of sp³-hybridized carbons (Fsp3) is 0.474. The first-order chi connectivity index (χ1) is 12.1. The molecule has 2 amide bonds. The van der Waals surface area contributed by atoms with Crippen LogP contribution in [-0.2, 0) is 16.0 Å². The Morgan fingerprint density at radius 1 is 1.08 bits per heavy atom. The van der Waals surface area contributed by atoms with Crippen LogP contribution in [-0.4, -0.2) is 22.8 Å². The standard InChI is InChI=1S/C19H24N4O2/c1-11-17-14(13-8-4-5-9-15(13)21-17)10-16(20-11)19(25)23-22-18(24)12-6-2-3-7-12/h4-5,8-9,11-12,16,20-21H,2-3,6-7,10H2,1H3,(H,22,24)(H,23,25). The zero-order valence-corrected chi connectivity index (χ0v) is 14.4. The van der Waals surface area contributed by atoms with Gasteiger partial charge in [-0.15, -0.1) is 0 Å². The number of hydrogen-bond donors (Lipinski definition) is 4. The number of hydrogen-bond acceptors (Lipinski definition) is 3. The number of benzene rings is 1. The van der Waals surface area contributed by atoms with E-state index in [1.165, 1.54) is 10.9 Å². The fourth-order valence-electron chi connectivity index (χ4n) is 4.13. The largest absolute Gasteiger partial charge is 0.357 e. The third kappa shape index (κ3) is 3.02. The van der Waals surface area contributed by atoms with Crippen LogP contribution in [0.1, 0.15) is 49.9 Å². The Morgan fingerprint density at radius 3 is 2.60 bits per heavy atom. The number of aromatic amines is 1. The van der Waals surface area contributed by atoms with Crippen LogP contribution in [0, 0.1) is 5.92 Å². The number of nitrogens with one attached hydrogen (secondary N) is 4. The molecule has 1 fully saturated rings. The van der Waals surface area contributed by atoms with Crippen LogP contribution in [0.15, 0.2) is 24.3 Å². The smallest absolute Gasteiger partial charge is 0.255 e. The molecular weight excluding hydrogens is 316 g/mol. The molecule has 0 saturated heterocycles. The van der Waals surface area contributed by atoms with Crippen molar-refractivity contribution in [3.63, 3.8) is 0 Å². The molecule has 2 heterocycles. The van der Waals surface area contributed by atoms with Gasteiger partial charge in [0.05, 0.1) is 6.04 Å². The van der Waals surface area contributed by atoms with Gasteiger partial charge in [-0.25, -0.2) is 0 Å². The lowest BCUT2D eigenvalue weighted by molar-refractivity contribution is -0.132. The molecule has 1 aromatic heterocycles.